The average Bonchev–Trinajstić information content (AvgIpc) is 3.21. The average molecular weight is 468 g/mol. The maximum Gasteiger partial charge on any atom is 0.573 e. The van der Waals surface area contributed by atoms with Crippen LogP contribution in [0.2, 0.25) is 0 Å². The van der Waals surface area contributed by atoms with Crippen LogP contribution in [0.5, 0.6) is 5.75 Å². The number of hydrogen-bond donors (Lipinski definition) is 1. The summed E-state index contributed by atoms with van der Waals surface area (Å²) >= 11 is 0. The first-order chi connectivity index (χ1) is 15.1. The zero-order valence-corrected chi connectivity index (χ0v) is 18.0. The van der Waals surface area contributed by atoms with Gasteiger partial charge in [-0.2, -0.15) is 4.31 Å². The maximum absolute atomic E-state index is 12.9. The van der Waals surface area contributed by atoms with Gasteiger partial charge in [-0.15, -0.1) is 13.2 Å². The molecule has 1 heterocycles. The van der Waals surface area contributed by atoms with Crippen molar-refractivity contribution in [3.63, 3.8) is 0 Å². The van der Waals surface area contributed by atoms with Crippen LogP contribution in [0.3, 0.4) is 0 Å². The molecule has 6 nitrogen and oxygen atoms in total. The lowest BCUT2D eigenvalue weighted by Crippen LogP contribution is -2.41. The highest BCUT2D eigenvalue weighted by atomic mass is 32.2. The second kappa shape index (κ2) is 8.74. The van der Waals surface area contributed by atoms with Gasteiger partial charge in [0.05, 0.1) is 4.90 Å². The van der Waals surface area contributed by atoms with E-state index in [-0.39, 0.29) is 29.8 Å². The molecule has 0 saturated carbocycles. The minimum Gasteiger partial charge on any atom is -0.406 e. The zero-order chi connectivity index (χ0) is 22.9. The van der Waals surface area contributed by atoms with E-state index in [4.69, 9.17) is 0 Å². The Kier molecular flexibility index (Phi) is 6.17. The molecule has 1 aliphatic carbocycles. The summed E-state index contributed by atoms with van der Waals surface area (Å²) in [6.07, 6.45) is -1.08. The number of anilines is 1. The molecule has 1 fully saturated rings. The number of nitrogens with one attached hydrogen (secondary N) is 1. The van der Waals surface area contributed by atoms with Gasteiger partial charge in [-0.3, -0.25) is 4.79 Å². The number of piperidine rings is 1. The molecule has 0 radical (unpaired) electrons. The predicted molar refractivity (Wildman–Crippen MR) is 112 cm³/mol. The molecule has 1 aliphatic heterocycles. The van der Waals surface area contributed by atoms with Crippen molar-refractivity contribution in [2.45, 2.75) is 43.4 Å². The van der Waals surface area contributed by atoms with Crippen molar-refractivity contribution in [2.75, 3.05) is 18.4 Å². The second-order valence-electron chi connectivity index (χ2n) is 8.03. The summed E-state index contributed by atoms with van der Waals surface area (Å²) in [6.45, 7) is 0.212. The Morgan fingerprint density at radius 3 is 2.47 bits per heavy atom. The number of aryl methyl sites for hydroxylation is 2. The number of fused-ring (bicyclic) bond motifs is 1. The third-order valence-corrected chi connectivity index (χ3v) is 7.76. The molecule has 172 valence electrons. The van der Waals surface area contributed by atoms with E-state index in [2.05, 4.69) is 10.1 Å². The fraction of sp³-hybridized carbons (Fsp3) is 0.409. The third kappa shape index (κ3) is 5.07. The summed E-state index contributed by atoms with van der Waals surface area (Å²) in [4.78, 5) is 12.4. The van der Waals surface area contributed by atoms with Crippen molar-refractivity contribution in [3.05, 3.63) is 53.6 Å². The molecule has 1 N–H and O–H groups in total. The molecule has 32 heavy (non-hydrogen) atoms. The Bertz CT molecular complexity index is 1110. The summed E-state index contributed by atoms with van der Waals surface area (Å²) in [7, 11) is -4.00. The first-order valence-corrected chi connectivity index (χ1v) is 11.8. The van der Waals surface area contributed by atoms with Crippen LogP contribution in [0, 0.1) is 5.92 Å². The van der Waals surface area contributed by atoms with E-state index in [9.17, 15) is 26.4 Å². The number of halogens is 3. The van der Waals surface area contributed by atoms with Crippen LogP contribution in [-0.2, 0) is 27.7 Å². The van der Waals surface area contributed by atoms with Gasteiger partial charge in [0.15, 0.2) is 0 Å². The lowest BCUT2D eigenvalue weighted by atomic mass is 9.97. The topological polar surface area (TPSA) is 75.7 Å². The van der Waals surface area contributed by atoms with Crippen LogP contribution in [0.1, 0.15) is 30.4 Å². The normalized spacial score (nSPS) is 17.7. The largest absolute Gasteiger partial charge is 0.573 e. The van der Waals surface area contributed by atoms with Crippen LogP contribution in [-0.4, -0.2) is 38.1 Å². The molecule has 2 aromatic carbocycles. The van der Waals surface area contributed by atoms with E-state index in [1.54, 1.807) is 0 Å². The summed E-state index contributed by atoms with van der Waals surface area (Å²) < 4.78 is 68.1. The molecule has 0 spiro atoms. The van der Waals surface area contributed by atoms with Gasteiger partial charge in [0, 0.05) is 30.8 Å². The van der Waals surface area contributed by atoms with E-state index < -0.39 is 22.1 Å². The summed E-state index contributed by atoms with van der Waals surface area (Å²) in [5.74, 6) is -1.09. The highest BCUT2D eigenvalue weighted by molar-refractivity contribution is 7.89. The van der Waals surface area contributed by atoms with Crippen molar-refractivity contribution < 1.29 is 31.1 Å². The van der Waals surface area contributed by atoms with E-state index in [0.717, 1.165) is 37.1 Å². The van der Waals surface area contributed by atoms with E-state index in [1.807, 2.05) is 18.2 Å². The van der Waals surface area contributed by atoms with E-state index >= 15 is 0 Å². The summed E-state index contributed by atoms with van der Waals surface area (Å²) in [5, 5.41) is 2.93. The molecule has 1 amide bonds. The molecule has 1 saturated heterocycles. The van der Waals surface area contributed by atoms with Crippen LogP contribution in [0.15, 0.2) is 47.4 Å². The van der Waals surface area contributed by atoms with E-state index in [1.165, 1.54) is 27.6 Å². The number of alkyl halides is 3. The van der Waals surface area contributed by atoms with Crippen LogP contribution in [0.25, 0.3) is 0 Å². The number of hydrogen-bond acceptors (Lipinski definition) is 4. The van der Waals surface area contributed by atoms with Gasteiger partial charge in [0.25, 0.3) is 0 Å². The number of rotatable bonds is 5. The molecule has 0 bridgehead atoms. The van der Waals surface area contributed by atoms with Crippen molar-refractivity contribution in [2.24, 2.45) is 5.92 Å². The quantitative estimate of drug-likeness (QED) is 0.717. The maximum atomic E-state index is 12.9. The van der Waals surface area contributed by atoms with Gasteiger partial charge in [0.2, 0.25) is 15.9 Å². The van der Waals surface area contributed by atoms with Crippen molar-refractivity contribution in [3.8, 4) is 5.75 Å². The zero-order valence-electron chi connectivity index (χ0n) is 17.2. The Morgan fingerprint density at radius 1 is 1.03 bits per heavy atom. The lowest BCUT2D eigenvalue weighted by Gasteiger charge is -2.30. The number of nitrogens with zero attached hydrogens (tertiary/aromatic N) is 1. The monoisotopic (exact) mass is 468 g/mol. The molecule has 2 aliphatic rings. The molecular weight excluding hydrogens is 445 g/mol. The Labute approximate surface area is 184 Å². The first-order valence-electron chi connectivity index (χ1n) is 10.4. The highest BCUT2D eigenvalue weighted by Gasteiger charge is 2.34. The first kappa shape index (κ1) is 22.6. The Hall–Kier alpha value is -2.59. The molecule has 0 atom stereocenters. The fourth-order valence-electron chi connectivity index (χ4n) is 4.23. The third-order valence-electron chi connectivity index (χ3n) is 5.87. The van der Waals surface area contributed by atoms with E-state index in [0.29, 0.717) is 12.8 Å². The minimum absolute atomic E-state index is 0.106. The molecule has 10 heteroatoms. The molecule has 0 aromatic heterocycles. The highest BCUT2D eigenvalue weighted by Crippen LogP contribution is 2.30. The van der Waals surface area contributed by atoms with Crippen LogP contribution >= 0.6 is 0 Å². The van der Waals surface area contributed by atoms with Crippen molar-refractivity contribution in [1.82, 2.24) is 4.31 Å². The molecular formula is C22H23F3N2O4S. The summed E-state index contributed by atoms with van der Waals surface area (Å²) in [5.41, 5.74) is 3.30. The van der Waals surface area contributed by atoms with Crippen LogP contribution < -0.4 is 10.1 Å². The predicted octanol–water partition coefficient (Wildman–Crippen LogP) is 4.11. The van der Waals surface area contributed by atoms with Crippen molar-refractivity contribution >= 4 is 21.6 Å². The van der Waals surface area contributed by atoms with Gasteiger partial charge in [-0.1, -0.05) is 12.1 Å². The van der Waals surface area contributed by atoms with Gasteiger partial charge >= 0.3 is 6.36 Å². The molecule has 0 unspecified atom stereocenters. The van der Waals surface area contributed by atoms with Crippen LogP contribution in [0.4, 0.5) is 18.9 Å². The van der Waals surface area contributed by atoms with Crippen molar-refractivity contribution in [1.29, 1.82) is 0 Å². The lowest BCUT2D eigenvalue weighted by molar-refractivity contribution is -0.274. The number of carbonyl (C=O) groups is 1. The minimum atomic E-state index is -4.91. The fourth-order valence-corrected chi connectivity index (χ4v) is 5.74. The SMILES string of the molecule is O=C(Nc1ccc2c(c1)CCC2)C1CCN(S(=O)(=O)c2cccc(OC(F)(F)F)c2)CC1. The molecule has 4 rings (SSSR count). The number of sulfonamides is 1. The standard InChI is InChI=1S/C22H23F3N2O4S/c23-22(24,25)31-19-5-2-6-20(14-19)32(29,30)27-11-9-16(10-12-27)21(28)26-18-8-7-15-3-1-4-17(15)13-18/h2,5-8,13-14,16H,1,3-4,9-12H2,(H,26,28). The smallest absolute Gasteiger partial charge is 0.406 e. The summed E-state index contributed by atoms with van der Waals surface area (Å²) in [6, 6.07) is 10.2. The van der Waals surface area contributed by atoms with Gasteiger partial charge in [0.1, 0.15) is 5.75 Å². The van der Waals surface area contributed by atoms with Gasteiger partial charge < -0.3 is 10.1 Å². The number of ether oxygens (including phenoxy) is 1. The van der Waals surface area contributed by atoms with Gasteiger partial charge in [-0.25, -0.2) is 8.42 Å². The number of carbonyl (C=O) groups excluding carboxylic acids is 1. The number of benzene rings is 2. The Morgan fingerprint density at radius 2 is 1.75 bits per heavy atom. The second-order valence-corrected chi connectivity index (χ2v) is 9.97. The Balaban J connectivity index is 1.37. The number of amides is 1. The molecule has 2 aromatic rings. The van der Waals surface area contributed by atoms with Gasteiger partial charge in [-0.05, 0) is 67.5 Å².